The zero-order valence-electron chi connectivity index (χ0n) is 9.60. The van der Waals surface area contributed by atoms with Crippen molar-refractivity contribution in [1.29, 1.82) is 0 Å². The Kier molecular flexibility index (Phi) is 4.56. The number of pyridine rings is 1. The molecule has 0 saturated carbocycles. The summed E-state index contributed by atoms with van der Waals surface area (Å²) in [6, 6.07) is 3.94. The van der Waals surface area contributed by atoms with Gasteiger partial charge in [-0.1, -0.05) is 26.8 Å². The van der Waals surface area contributed by atoms with Crippen LogP contribution in [0.2, 0.25) is 0 Å². The molecule has 0 amide bonds. The second-order valence-electron chi connectivity index (χ2n) is 4.15. The monoisotopic (exact) mass is 209 g/mol. The Bertz CT molecular complexity index is 299. The molecule has 1 atom stereocenters. The molecule has 84 valence electrons. The molecule has 0 spiro atoms. The van der Waals surface area contributed by atoms with Crippen LogP contribution in [0.1, 0.15) is 32.3 Å². The number of hydrogen-bond acceptors (Lipinski definition) is 3. The van der Waals surface area contributed by atoms with Crippen molar-refractivity contribution in [2.75, 3.05) is 13.2 Å². The van der Waals surface area contributed by atoms with Crippen LogP contribution in [-0.2, 0) is 0 Å². The Morgan fingerprint density at radius 1 is 1.40 bits per heavy atom. The van der Waals surface area contributed by atoms with Gasteiger partial charge in [0.2, 0.25) is 5.88 Å². The molecule has 3 nitrogen and oxygen atoms in total. The number of hydrogen-bond donors (Lipinski definition) is 1. The first-order valence-electron chi connectivity index (χ1n) is 5.33. The Balaban J connectivity index is 2.67. The van der Waals surface area contributed by atoms with Gasteiger partial charge in [0.25, 0.3) is 0 Å². The van der Waals surface area contributed by atoms with Gasteiger partial charge in [-0.2, -0.15) is 0 Å². The highest BCUT2D eigenvalue weighted by Gasteiger charge is 2.09. The van der Waals surface area contributed by atoms with Crippen LogP contribution < -0.4 is 4.74 Å². The fourth-order valence-corrected chi connectivity index (χ4v) is 1.24. The molecule has 0 saturated heterocycles. The van der Waals surface area contributed by atoms with Gasteiger partial charge in [0, 0.05) is 24.3 Å². The first-order chi connectivity index (χ1) is 7.15. The molecule has 0 bridgehead atoms. The average Bonchev–Trinajstić information content (AvgIpc) is 2.26. The molecule has 0 aliphatic heterocycles. The maximum Gasteiger partial charge on any atom is 0.216 e. The number of ether oxygens (including phenoxy) is 1. The second kappa shape index (κ2) is 5.71. The summed E-state index contributed by atoms with van der Waals surface area (Å²) < 4.78 is 5.58. The molecular weight excluding hydrogens is 190 g/mol. The van der Waals surface area contributed by atoms with E-state index < -0.39 is 0 Å². The highest BCUT2D eigenvalue weighted by molar-refractivity contribution is 5.28. The molecular formula is C12H19NO2. The normalized spacial score (nSPS) is 12.9. The molecule has 0 aromatic carbocycles. The number of aromatic nitrogens is 1. The van der Waals surface area contributed by atoms with Crippen LogP contribution in [0.5, 0.6) is 5.88 Å². The van der Waals surface area contributed by atoms with Crippen molar-refractivity contribution in [1.82, 2.24) is 4.98 Å². The van der Waals surface area contributed by atoms with Crippen LogP contribution in [0, 0.1) is 5.92 Å². The lowest BCUT2D eigenvalue weighted by atomic mass is 10.1. The predicted molar refractivity (Wildman–Crippen MR) is 60.1 cm³/mol. The van der Waals surface area contributed by atoms with Crippen molar-refractivity contribution in [3.05, 3.63) is 23.9 Å². The molecule has 1 unspecified atom stereocenters. The lowest BCUT2D eigenvalue weighted by molar-refractivity contribution is 0.170. The minimum atomic E-state index is 0.143. The third kappa shape index (κ3) is 3.51. The van der Waals surface area contributed by atoms with Crippen molar-refractivity contribution < 1.29 is 9.84 Å². The van der Waals surface area contributed by atoms with E-state index in [9.17, 15) is 0 Å². The van der Waals surface area contributed by atoms with Gasteiger partial charge in [0.05, 0.1) is 6.61 Å². The minimum Gasteiger partial charge on any atom is -0.477 e. The first kappa shape index (κ1) is 12.0. The van der Waals surface area contributed by atoms with Gasteiger partial charge in [-0.25, -0.2) is 4.98 Å². The van der Waals surface area contributed by atoms with Crippen molar-refractivity contribution in [2.45, 2.75) is 26.7 Å². The van der Waals surface area contributed by atoms with E-state index in [0.29, 0.717) is 18.4 Å². The van der Waals surface area contributed by atoms with Gasteiger partial charge in [-0.3, -0.25) is 0 Å². The molecule has 15 heavy (non-hydrogen) atoms. The van der Waals surface area contributed by atoms with Crippen LogP contribution in [-0.4, -0.2) is 23.3 Å². The summed E-state index contributed by atoms with van der Waals surface area (Å²) in [5.74, 6) is 1.23. The van der Waals surface area contributed by atoms with Crippen molar-refractivity contribution in [3.8, 4) is 5.88 Å². The van der Waals surface area contributed by atoms with Crippen molar-refractivity contribution in [3.63, 3.8) is 0 Å². The Labute approximate surface area is 91.1 Å². The molecule has 1 aromatic heterocycles. The third-order valence-electron chi connectivity index (χ3n) is 2.24. The molecule has 0 aliphatic carbocycles. The summed E-state index contributed by atoms with van der Waals surface area (Å²) in [5, 5.41) is 8.89. The van der Waals surface area contributed by atoms with E-state index in [0.717, 1.165) is 5.56 Å². The Hall–Kier alpha value is -1.09. The van der Waals surface area contributed by atoms with Crippen molar-refractivity contribution >= 4 is 0 Å². The lowest BCUT2D eigenvalue weighted by Crippen LogP contribution is -2.13. The number of rotatable bonds is 5. The summed E-state index contributed by atoms with van der Waals surface area (Å²) in [6.45, 7) is 6.81. The second-order valence-corrected chi connectivity index (χ2v) is 4.15. The van der Waals surface area contributed by atoms with Crippen molar-refractivity contribution in [2.24, 2.45) is 5.92 Å². The van der Waals surface area contributed by atoms with E-state index in [1.165, 1.54) is 0 Å². The largest absolute Gasteiger partial charge is 0.477 e. The maximum absolute atomic E-state index is 8.89. The SMILES string of the molecule is CC(CO)COc1ncccc1C(C)C. The summed E-state index contributed by atoms with van der Waals surface area (Å²) in [4.78, 5) is 4.20. The van der Waals surface area contributed by atoms with Gasteiger partial charge in [0.15, 0.2) is 0 Å². The third-order valence-corrected chi connectivity index (χ3v) is 2.24. The summed E-state index contributed by atoms with van der Waals surface area (Å²) in [5.41, 5.74) is 1.11. The van der Waals surface area contributed by atoms with Crippen LogP contribution in [0.15, 0.2) is 18.3 Å². The number of aliphatic hydroxyl groups is 1. The summed E-state index contributed by atoms with van der Waals surface area (Å²) >= 11 is 0. The van der Waals surface area contributed by atoms with E-state index in [4.69, 9.17) is 9.84 Å². The topological polar surface area (TPSA) is 42.4 Å². The summed E-state index contributed by atoms with van der Waals surface area (Å²) in [6.07, 6.45) is 1.73. The van der Waals surface area contributed by atoms with Gasteiger partial charge in [-0.05, 0) is 12.0 Å². The van der Waals surface area contributed by atoms with Crippen LogP contribution in [0.4, 0.5) is 0 Å². The van der Waals surface area contributed by atoms with E-state index in [-0.39, 0.29) is 12.5 Å². The highest BCUT2D eigenvalue weighted by atomic mass is 16.5. The molecule has 0 radical (unpaired) electrons. The van der Waals surface area contributed by atoms with E-state index >= 15 is 0 Å². The zero-order valence-corrected chi connectivity index (χ0v) is 9.60. The lowest BCUT2D eigenvalue weighted by Gasteiger charge is -2.14. The van der Waals surface area contributed by atoms with E-state index in [1.54, 1.807) is 6.20 Å². The first-order valence-corrected chi connectivity index (χ1v) is 5.33. The van der Waals surface area contributed by atoms with Gasteiger partial charge in [-0.15, -0.1) is 0 Å². The Morgan fingerprint density at radius 3 is 2.73 bits per heavy atom. The zero-order chi connectivity index (χ0) is 11.3. The quantitative estimate of drug-likeness (QED) is 0.808. The summed E-state index contributed by atoms with van der Waals surface area (Å²) in [7, 11) is 0. The van der Waals surface area contributed by atoms with Gasteiger partial charge in [0.1, 0.15) is 0 Å². The fourth-order valence-electron chi connectivity index (χ4n) is 1.24. The van der Waals surface area contributed by atoms with Crippen LogP contribution in [0.3, 0.4) is 0 Å². The minimum absolute atomic E-state index is 0.143. The number of aliphatic hydroxyl groups excluding tert-OH is 1. The molecule has 1 aromatic rings. The van der Waals surface area contributed by atoms with E-state index in [1.807, 2.05) is 19.1 Å². The van der Waals surface area contributed by atoms with Gasteiger partial charge >= 0.3 is 0 Å². The number of nitrogens with zero attached hydrogens (tertiary/aromatic N) is 1. The smallest absolute Gasteiger partial charge is 0.216 e. The standard InChI is InChI=1S/C12H19NO2/c1-9(2)11-5-4-6-13-12(11)15-8-10(3)7-14/h4-6,9-10,14H,7-8H2,1-3H3. The fraction of sp³-hybridized carbons (Fsp3) is 0.583. The molecule has 1 heterocycles. The molecule has 0 fully saturated rings. The van der Waals surface area contributed by atoms with E-state index in [2.05, 4.69) is 18.8 Å². The average molecular weight is 209 g/mol. The van der Waals surface area contributed by atoms with Crippen LogP contribution >= 0.6 is 0 Å². The highest BCUT2D eigenvalue weighted by Crippen LogP contribution is 2.23. The predicted octanol–water partition coefficient (Wildman–Crippen LogP) is 2.21. The molecule has 3 heteroatoms. The molecule has 1 N–H and O–H groups in total. The Morgan fingerprint density at radius 2 is 2.13 bits per heavy atom. The molecule has 1 rings (SSSR count). The van der Waals surface area contributed by atoms with Gasteiger partial charge < -0.3 is 9.84 Å². The maximum atomic E-state index is 8.89. The van der Waals surface area contributed by atoms with Crippen LogP contribution in [0.25, 0.3) is 0 Å². The molecule has 0 aliphatic rings.